The third-order valence-electron chi connectivity index (χ3n) is 7.26. The molecule has 2 amide bonds. The molecule has 0 aliphatic carbocycles. The van der Waals surface area contributed by atoms with E-state index in [0.29, 0.717) is 48.8 Å². The van der Waals surface area contributed by atoms with Crippen molar-refractivity contribution in [3.63, 3.8) is 0 Å². The minimum atomic E-state index is -0.00246. The average Bonchev–Trinajstić information content (AvgIpc) is 2.76. The first-order valence-corrected chi connectivity index (χ1v) is 11.5. The lowest BCUT2D eigenvalue weighted by Crippen LogP contribution is -2.66. The van der Waals surface area contributed by atoms with Gasteiger partial charge in [-0.15, -0.1) is 0 Å². The van der Waals surface area contributed by atoms with E-state index in [-0.39, 0.29) is 18.0 Å². The van der Waals surface area contributed by atoms with Gasteiger partial charge < -0.3 is 9.80 Å². The Morgan fingerprint density at radius 2 is 1.87 bits per heavy atom. The van der Waals surface area contributed by atoms with E-state index in [9.17, 15) is 9.59 Å². The second-order valence-electron chi connectivity index (χ2n) is 9.43. The van der Waals surface area contributed by atoms with Gasteiger partial charge in [0.25, 0.3) is 5.91 Å². The van der Waals surface area contributed by atoms with Gasteiger partial charge in [-0.1, -0.05) is 30.3 Å². The normalized spacial score (nSPS) is 27.7. The van der Waals surface area contributed by atoms with E-state index in [2.05, 4.69) is 39.1 Å². The van der Waals surface area contributed by atoms with Crippen molar-refractivity contribution in [2.24, 2.45) is 11.8 Å². The Hall–Kier alpha value is -2.76. The van der Waals surface area contributed by atoms with E-state index in [1.54, 1.807) is 6.07 Å². The average molecular weight is 419 g/mol. The van der Waals surface area contributed by atoms with E-state index in [0.717, 1.165) is 31.4 Å². The fourth-order valence-corrected chi connectivity index (χ4v) is 6.05. The molecule has 1 aromatic heterocycles. The molecule has 1 aromatic carbocycles. The second kappa shape index (κ2) is 8.06. The Kier molecular flexibility index (Phi) is 5.24. The summed E-state index contributed by atoms with van der Waals surface area (Å²) in [4.78, 5) is 39.3. The van der Waals surface area contributed by atoms with Crippen molar-refractivity contribution < 1.29 is 9.59 Å². The number of carbonyl (C=O) groups is 2. The number of rotatable bonds is 3. The SMILES string of the molecule is Cc1cc(C(=O)N2C[C@H]3C[C@@H](C2)[C@H](Cc2ccccc2)N2C(=O)CCC[C@@H]32)nc(C)n1. The highest BCUT2D eigenvalue weighted by atomic mass is 16.2. The van der Waals surface area contributed by atoms with Crippen molar-refractivity contribution in [2.45, 2.75) is 58.0 Å². The summed E-state index contributed by atoms with van der Waals surface area (Å²) in [7, 11) is 0. The number of fused-ring (bicyclic) bond motifs is 4. The monoisotopic (exact) mass is 418 g/mol. The lowest BCUT2D eigenvalue weighted by Gasteiger charge is -2.56. The molecule has 31 heavy (non-hydrogen) atoms. The van der Waals surface area contributed by atoms with E-state index in [4.69, 9.17) is 0 Å². The Balaban J connectivity index is 1.44. The van der Waals surface area contributed by atoms with Crippen LogP contribution in [0.4, 0.5) is 0 Å². The Bertz CT molecular complexity index is 972. The molecule has 2 bridgehead atoms. The van der Waals surface area contributed by atoms with Crippen molar-refractivity contribution in [3.8, 4) is 0 Å². The number of likely N-dealkylation sites (tertiary alicyclic amines) is 1. The van der Waals surface area contributed by atoms with Crippen LogP contribution in [0.2, 0.25) is 0 Å². The van der Waals surface area contributed by atoms with Gasteiger partial charge >= 0.3 is 0 Å². The first kappa shape index (κ1) is 20.2. The van der Waals surface area contributed by atoms with Crippen molar-refractivity contribution in [1.29, 1.82) is 0 Å². The minimum absolute atomic E-state index is 0.00246. The number of benzene rings is 1. The summed E-state index contributed by atoms with van der Waals surface area (Å²) < 4.78 is 0. The van der Waals surface area contributed by atoms with Gasteiger partial charge in [-0.05, 0) is 63.0 Å². The van der Waals surface area contributed by atoms with Gasteiger partial charge in [0.2, 0.25) is 5.91 Å². The van der Waals surface area contributed by atoms with Gasteiger partial charge in [-0.3, -0.25) is 9.59 Å². The van der Waals surface area contributed by atoms with Gasteiger partial charge in [0.1, 0.15) is 11.5 Å². The number of aromatic nitrogens is 2. The molecule has 0 spiro atoms. The first-order valence-electron chi connectivity index (χ1n) is 11.5. The fourth-order valence-electron chi connectivity index (χ4n) is 6.05. The zero-order valence-electron chi connectivity index (χ0n) is 18.3. The zero-order chi connectivity index (χ0) is 21.5. The molecular formula is C25H30N4O2. The maximum atomic E-state index is 13.4. The highest BCUT2D eigenvalue weighted by Crippen LogP contribution is 2.42. The number of hydrogen-bond acceptors (Lipinski definition) is 4. The van der Waals surface area contributed by atoms with E-state index in [1.807, 2.05) is 24.8 Å². The molecule has 6 heteroatoms. The molecule has 3 aliphatic rings. The molecule has 5 rings (SSSR count). The van der Waals surface area contributed by atoms with Crippen LogP contribution in [0.1, 0.15) is 53.3 Å². The molecule has 3 fully saturated rings. The molecule has 0 unspecified atom stereocenters. The quantitative estimate of drug-likeness (QED) is 0.768. The summed E-state index contributed by atoms with van der Waals surface area (Å²) in [6.07, 6.45) is 4.61. The molecule has 3 aliphatic heterocycles. The lowest BCUT2D eigenvalue weighted by molar-refractivity contribution is -0.151. The van der Waals surface area contributed by atoms with Crippen LogP contribution in [0, 0.1) is 25.7 Å². The van der Waals surface area contributed by atoms with Gasteiger partial charge in [-0.25, -0.2) is 9.97 Å². The molecule has 4 heterocycles. The molecule has 0 radical (unpaired) electrons. The molecular weight excluding hydrogens is 388 g/mol. The lowest BCUT2D eigenvalue weighted by atomic mass is 9.70. The molecule has 2 aromatic rings. The van der Waals surface area contributed by atoms with Crippen LogP contribution in [-0.4, -0.2) is 56.8 Å². The third-order valence-corrected chi connectivity index (χ3v) is 7.26. The maximum absolute atomic E-state index is 13.4. The van der Waals surface area contributed by atoms with Crippen molar-refractivity contribution >= 4 is 11.8 Å². The fraction of sp³-hybridized carbons (Fsp3) is 0.520. The van der Waals surface area contributed by atoms with Crippen LogP contribution in [-0.2, 0) is 11.2 Å². The topological polar surface area (TPSA) is 66.4 Å². The first-order chi connectivity index (χ1) is 15.0. The van der Waals surface area contributed by atoms with Gasteiger partial charge in [-0.2, -0.15) is 0 Å². The van der Waals surface area contributed by atoms with Crippen LogP contribution >= 0.6 is 0 Å². The molecule has 0 saturated carbocycles. The smallest absolute Gasteiger partial charge is 0.272 e. The standard InChI is InChI=1S/C25H30N4O2/c1-16-11-21(27-17(2)26-16)25(31)28-14-19-13-20(15-28)23(12-18-7-4-3-5-8-18)29-22(19)9-6-10-24(29)30/h3-5,7-8,11,19-20,22-23H,6,9-10,12-15H2,1-2H3/t19-,20+,22+,23+/m1/s1. The maximum Gasteiger partial charge on any atom is 0.272 e. The molecule has 6 nitrogen and oxygen atoms in total. The van der Waals surface area contributed by atoms with Gasteiger partial charge in [0.05, 0.1) is 0 Å². The highest BCUT2D eigenvalue weighted by molar-refractivity contribution is 5.92. The molecule has 4 atom stereocenters. The zero-order valence-corrected chi connectivity index (χ0v) is 18.3. The van der Waals surface area contributed by atoms with E-state index < -0.39 is 0 Å². The third kappa shape index (κ3) is 3.84. The number of carbonyl (C=O) groups excluding carboxylic acids is 2. The summed E-state index contributed by atoms with van der Waals surface area (Å²) in [5.74, 6) is 1.57. The summed E-state index contributed by atoms with van der Waals surface area (Å²) >= 11 is 0. The number of hydrogen-bond donors (Lipinski definition) is 0. The number of aryl methyl sites for hydroxylation is 2. The molecule has 162 valence electrons. The highest BCUT2D eigenvalue weighted by Gasteiger charge is 2.50. The summed E-state index contributed by atoms with van der Waals surface area (Å²) in [6, 6.07) is 12.6. The van der Waals surface area contributed by atoms with Crippen molar-refractivity contribution in [3.05, 3.63) is 59.2 Å². The number of nitrogens with zero attached hydrogens (tertiary/aromatic N) is 4. The van der Waals surface area contributed by atoms with Crippen LogP contribution in [0.25, 0.3) is 0 Å². The Labute approximate surface area is 183 Å². The summed E-state index contributed by atoms with van der Waals surface area (Å²) in [6.45, 7) is 5.13. The van der Waals surface area contributed by atoms with Crippen LogP contribution < -0.4 is 0 Å². The number of piperidine rings is 3. The summed E-state index contributed by atoms with van der Waals surface area (Å²) in [5, 5.41) is 0. The Morgan fingerprint density at radius 3 is 2.65 bits per heavy atom. The minimum Gasteiger partial charge on any atom is -0.337 e. The molecule has 0 N–H and O–H groups in total. The summed E-state index contributed by atoms with van der Waals surface area (Å²) in [5.41, 5.74) is 2.56. The predicted octanol–water partition coefficient (Wildman–Crippen LogP) is 3.18. The predicted molar refractivity (Wildman–Crippen MR) is 117 cm³/mol. The van der Waals surface area contributed by atoms with E-state index in [1.165, 1.54) is 5.56 Å². The molecule has 3 saturated heterocycles. The van der Waals surface area contributed by atoms with Gasteiger partial charge in [0, 0.05) is 37.3 Å². The Morgan fingerprint density at radius 1 is 1.10 bits per heavy atom. The van der Waals surface area contributed by atoms with Gasteiger partial charge in [0.15, 0.2) is 0 Å². The van der Waals surface area contributed by atoms with Crippen LogP contribution in [0.5, 0.6) is 0 Å². The largest absolute Gasteiger partial charge is 0.337 e. The van der Waals surface area contributed by atoms with Crippen molar-refractivity contribution in [2.75, 3.05) is 13.1 Å². The van der Waals surface area contributed by atoms with Crippen LogP contribution in [0.15, 0.2) is 36.4 Å². The van der Waals surface area contributed by atoms with E-state index >= 15 is 0 Å². The van der Waals surface area contributed by atoms with Crippen molar-refractivity contribution in [1.82, 2.24) is 19.8 Å². The van der Waals surface area contributed by atoms with Crippen LogP contribution in [0.3, 0.4) is 0 Å². The second-order valence-corrected chi connectivity index (χ2v) is 9.43. The number of amides is 2.